The Morgan fingerprint density at radius 3 is 2.47 bits per heavy atom. The average Bonchev–Trinajstić information content (AvgIpc) is 3.11. The van der Waals surface area contributed by atoms with Crippen molar-refractivity contribution in [1.29, 1.82) is 0 Å². The van der Waals surface area contributed by atoms with Gasteiger partial charge in [-0.25, -0.2) is 5.43 Å². The molecule has 1 aliphatic rings. The van der Waals surface area contributed by atoms with Crippen molar-refractivity contribution in [1.82, 2.24) is 5.43 Å². The van der Waals surface area contributed by atoms with Crippen molar-refractivity contribution in [3.05, 3.63) is 87.3 Å². The summed E-state index contributed by atoms with van der Waals surface area (Å²) in [5.41, 5.74) is 6.11. The van der Waals surface area contributed by atoms with E-state index < -0.39 is 0 Å². The number of carbonyl (C=O) groups is 2. The first-order chi connectivity index (χ1) is 14.5. The number of halogens is 1. The number of nitrogens with one attached hydrogen (secondary N) is 2. The van der Waals surface area contributed by atoms with Crippen LogP contribution in [0.3, 0.4) is 0 Å². The number of benzene rings is 2. The molecule has 0 saturated heterocycles. The second-order valence-corrected chi connectivity index (χ2v) is 7.95. The van der Waals surface area contributed by atoms with Crippen LogP contribution in [0.1, 0.15) is 50.6 Å². The molecule has 0 aliphatic heterocycles. The molecule has 4 rings (SSSR count). The van der Waals surface area contributed by atoms with E-state index in [2.05, 4.69) is 31.8 Å². The van der Waals surface area contributed by atoms with Gasteiger partial charge in [0.25, 0.3) is 11.8 Å². The predicted octanol–water partition coefficient (Wildman–Crippen LogP) is 5.07. The van der Waals surface area contributed by atoms with Gasteiger partial charge in [0.05, 0.1) is 5.71 Å². The highest BCUT2D eigenvalue weighted by atomic mass is 79.9. The van der Waals surface area contributed by atoms with Crippen molar-refractivity contribution in [3.8, 4) is 0 Å². The Labute approximate surface area is 182 Å². The highest BCUT2D eigenvalue weighted by Gasteiger charge is 2.28. The van der Waals surface area contributed by atoms with Gasteiger partial charge in [-0.05, 0) is 56.2 Å². The average molecular weight is 466 g/mol. The lowest BCUT2D eigenvalue weighted by Gasteiger charge is -2.13. The Hall–Kier alpha value is -3.19. The summed E-state index contributed by atoms with van der Waals surface area (Å²) < 4.78 is 6.84. The lowest BCUT2D eigenvalue weighted by molar-refractivity contribution is 0.0953. The normalized spacial score (nSPS) is 14.3. The summed E-state index contributed by atoms with van der Waals surface area (Å²) in [6, 6.07) is 16.3. The fourth-order valence-electron chi connectivity index (χ4n) is 3.49. The highest BCUT2D eigenvalue weighted by Crippen LogP contribution is 2.30. The van der Waals surface area contributed by atoms with Crippen molar-refractivity contribution in [2.24, 2.45) is 5.10 Å². The smallest absolute Gasteiger partial charge is 0.291 e. The van der Waals surface area contributed by atoms with Crippen LogP contribution in [-0.4, -0.2) is 17.5 Å². The number of fused-ring (bicyclic) bond motifs is 1. The summed E-state index contributed by atoms with van der Waals surface area (Å²) in [7, 11) is 0. The van der Waals surface area contributed by atoms with E-state index in [1.165, 1.54) is 0 Å². The maximum atomic E-state index is 12.8. The van der Waals surface area contributed by atoms with Crippen molar-refractivity contribution < 1.29 is 14.0 Å². The Morgan fingerprint density at radius 1 is 1.00 bits per heavy atom. The number of amides is 2. The van der Waals surface area contributed by atoms with Crippen molar-refractivity contribution in [2.45, 2.75) is 26.2 Å². The minimum Gasteiger partial charge on any atom is -0.455 e. The molecule has 2 N–H and O–H groups in total. The van der Waals surface area contributed by atoms with Crippen LogP contribution in [-0.2, 0) is 6.42 Å². The molecule has 1 heterocycles. The molecule has 0 bridgehead atoms. The molecule has 7 heteroatoms. The number of furan rings is 1. The van der Waals surface area contributed by atoms with E-state index in [-0.39, 0.29) is 17.6 Å². The Balaban J connectivity index is 1.56. The molecule has 0 unspecified atom stereocenters. The van der Waals surface area contributed by atoms with Crippen molar-refractivity contribution in [2.75, 3.05) is 5.32 Å². The summed E-state index contributed by atoms with van der Waals surface area (Å²) in [6.45, 7) is 1.85. The number of carbonyl (C=O) groups excluding carboxylic acids is 2. The van der Waals surface area contributed by atoms with Crippen LogP contribution in [0.25, 0.3) is 0 Å². The fraction of sp³-hybridized carbons (Fsp3) is 0.174. The van der Waals surface area contributed by atoms with Gasteiger partial charge in [0.2, 0.25) is 0 Å². The van der Waals surface area contributed by atoms with Gasteiger partial charge in [0.1, 0.15) is 5.76 Å². The topological polar surface area (TPSA) is 83.7 Å². The summed E-state index contributed by atoms with van der Waals surface area (Å²) >= 11 is 3.38. The molecule has 3 aromatic rings. The quantitative estimate of drug-likeness (QED) is 0.527. The van der Waals surface area contributed by atoms with Crippen LogP contribution in [0.5, 0.6) is 0 Å². The van der Waals surface area contributed by atoms with Gasteiger partial charge in [-0.1, -0.05) is 34.1 Å². The Kier molecular flexibility index (Phi) is 5.81. The van der Waals surface area contributed by atoms with E-state index in [4.69, 9.17) is 4.42 Å². The van der Waals surface area contributed by atoms with E-state index in [1.807, 2.05) is 37.3 Å². The molecule has 1 aromatic heterocycles. The molecule has 0 fully saturated rings. The molecule has 6 nitrogen and oxygen atoms in total. The maximum absolute atomic E-state index is 12.8. The summed E-state index contributed by atoms with van der Waals surface area (Å²) in [5, 5.41) is 7.21. The monoisotopic (exact) mass is 465 g/mol. The number of hydrogen-bond acceptors (Lipinski definition) is 4. The van der Waals surface area contributed by atoms with Crippen LogP contribution in [0.2, 0.25) is 0 Å². The zero-order valence-corrected chi connectivity index (χ0v) is 18.0. The standard InChI is InChI=1S/C23H20BrN3O3/c1-14-20-18(26-27-22(28)15-6-3-2-4-7-15)8-5-9-19(20)30-21(14)23(29)25-17-12-10-16(24)11-13-17/h2-4,6-7,10-13H,5,8-9H2,1H3,(H,25,29)(H,27,28)/b26-18+. The zero-order valence-electron chi connectivity index (χ0n) is 16.4. The first-order valence-corrected chi connectivity index (χ1v) is 10.4. The molecule has 2 amide bonds. The number of hydrogen-bond donors (Lipinski definition) is 2. The molecule has 0 spiro atoms. The molecule has 0 radical (unpaired) electrons. The van der Waals surface area contributed by atoms with Crippen LogP contribution in [0.4, 0.5) is 5.69 Å². The van der Waals surface area contributed by atoms with Gasteiger partial charge in [0.15, 0.2) is 5.76 Å². The van der Waals surface area contributed by atoms with Gasteiger partial charge in [-0.15, -0.1) is 0 Å². The SMILES string of the molecule is Cc1c(C(=O)Nc2ccc(Br)cc2)oc2c1/C(=N/NC(=O)c1ccccc1)CCC2. The first kappa shape index (κ1) is 20.1. The van der Waals surface area contributed by atoms with Gasteiger partial charge in [0, 0.05) is 33.3 Å². The molecule has 0 atom stereocenters. The molecule has 0 saturated carbocycles. The third kappa shape index (κ3) is 4.21. The van der Waals surface area contributed by atoms with Crippen LogP contribution in [0, 0.1) is 6.92 Å². The summed E-state index contributed by atoms with van der Waals surface area (Å²) in [5.74, 6) is 0.417. The second kappa shape index (κ2) is 8.67. The molecule has 152 valence electrons. The predicted molar refractivity (Wildman–Crippen MR) is 119 cm³/mol. The van der Waals surface area contributed by atoms with E-state index in [0.717, 1.165) is 39.9 Å². The van der Waals surface area contributed by atoms with Crippen LogP contribution >= 0.6 is 15.9 Å². The minimum atomic E-state index is -0.308. The van der Waals surface area contributed by atoms with E-state index >= 15 is 0 Å². The minimum absolute atomic E-state index is 0.270. The van der Waals surface area contributed by atoms with Crippen molar-refractivity contribution in [3.63, 3.8) is 0 Å². The van der Waals surface area contributed by atoms with Gasteiger partial charge in [-0.3, -0.25) is 9.59 Å². The van der Waals surface area contributed by atoms with Gasteiger partial charge in [-0.2, -0.15) is 5.10 Å². The third-order valence-electron chi connectivity index (χ3n) is 4.96. The summed E-state index contributed by atoms with van der Waals surface area (Å²) in [4.78, 5) is 25.1. The van der Waals surface area contributed by atoms with E-state index in [9.17, 15) is 9.59 Å². The lowest BCUT2D eigenvalue weighted by atomic mass is 9.93. The lowest BCUT2D eigenvalue weighted by Crippen LogP contribution is -2.22. The number of anilines is 1. The zero-order chi connectivity index (χ0) is 21.1. The first-order valence-electron chi connectivity index (χ1n) is 9.64. The second-order valence-electron chi connectivity index (χ2n) is 7.03. The van der Waals surface area contributed by atoms with Gasteiger partial charge < -0.3 is 9.73 Å². The molecule has 1 aliphatic carbocycles. The van der Waals surface area contributed by atoms with E-state index in [1.54, 1.807) is 24.3 Å². The van der Waals surface area contributed by atoms with Crippen LogP contribution < -0.4 is 10.7 Å². The fourth-order valence-corrected chi connectivity index (χ4v) is 3.75. The van der Waals surface area contributed by atoms with Crippen LogP contribution in [0.15, 0.2) is 68.6 Å². The largest absolute Gasteiger partial charge is 0.455 e. The number of aryl methyl sites for hydroxylation is 1. The third-order valence-corrected chi connectivity index (χ3v) is 5.49. The van der Waals surface area contributed by atoms with Crippen molar-refractivity contribution >= 4 is 39.1 Å². The number of nitrogens with zero attached hydrogens (tertiary/aromatic N) is 1. The number of rotatable bonds is 4. The highest BCUT2D eigenvalue weighted by molar-refractivity contribution is 9.10. The maximum Gasteiger partial charge on any atom is 0.291 e. The molecule has 2 aromatic carbocycles. The van der Waals surface area contributed by atoms with E-state index in [0.29, 0.717) is 17.7 Å². The molecule has 30 heavy (non-hydrogen) atoms. The van der Waals surface area contributed by atoms with Gasteiger partial charge >= 0.3 is 0 Å². The number of hydrazone groups is 1. The Morgan fingerprint density at radius 2 is 1.73 bits per heavy atom. The molecular formula is C23H20BrN3O3. The molecular weight excluding hydrogens is 446 g/mol. The Bertz CT molecular complexity index is 1120. The summed E-state index contributed by atoms with van der Waals surface area (Å²) in [6.07, 6.45) is 2.28.